The fraction of sp³-hybridized carbons (Fsp3) is 0.538. The number of nitrogens with one attached hydrogen (secondary N) is 1. The summed E-state index contributed by atoms with van der Waals surface area (Å²) in [4.78, 5) is 16.5. The van der Waals surface area contributed by atoms with Gasteiger partial charge in [0.1, 0.15) is 5.75 Å². The Kier molecular flexibility index (Phi) is 10.7. The molecule has 1 aliphatic carbocycles. The number of benzene rings is 1. The van der Waals surface area contributed by atoms with Gasteiger partial charge in [0.2, 0.25) is 15.7 Å². The van der Waals surface area contributed by atoms with Crippen molar-refractivity contribution in [1.82, 2.24) is 15.6 Å². The zero-order valence-electron chi connectivity index (χ0n) is 21.1. The molecule has 1 amide bonds. The minimum absolute atomic E-state index is 0.0851. The first-order chi connectivity index (χ1) is 17.3. The summed E-state index contributed by atoms with van der Waals surface area (Å²) >= 11 is 0. The van der Waals surface area contributed by atoms with Gasteiger partial charge in [-0.1, -0.05) is 19.0 Å². The highest BCUT2D eigenvalue weighted by atomic mass is 32.2. The second kappa shape index (κ2) is 13.7. The van der Waals surface area contributed by atoms with E-state index in [1.54, 1.807) is 18.2 Å². The summed E-state index contributed by atoms with van der Waals surface area (Å²) < 4.78 is 37.3. The highest BCUT2D eigenvalue weighted by Crippen LogP contribution is 2.28. The van der Waals surface area contributed by atoms with Crippen molar-refractivity contribution >= 4 is 15.7 Å². The van der Waals surface area contributed by atoms with E-state index in [2.05, 4.69) is 17.3 Å². The van der Waals surface area contributed by atoms with E-state index in [0.29, 0.717) is 29.5 Å². The van der Waals surface area contributed by atoms with Crippen LogP contribution in [-0.2, 0) is 25.9 Å². The Labute approximate surface area is 213 Å². The lowest BCUT2D eigenvalue weighted by molar-refractivity contribution is -0.166. The molecule has 36 heavy (non-hydrogen) atoms. The third-order valence-electron chi connectivity index (χ3n) is 6.09. The van der Waals surface area contributed by atoms with Crippen LogP contribution in [0.5, 0.6) is 5.75 Å². The number of hydrazine groups is 1. The Morgan fingerprint density at radius 1 is 1.08 bits per heavy atom. The fourth-order valence-corrected chi connectivity index (χ4v) is 5.44. The molecule has 1 fully saturated rings. The van der Waals surface area contributed by atoms with Gasteiger partial charge in [-0.2, -0.15) is 0 Å². The lowest BCUT2D eigenvalue weighted by Crippen LogP contribution is -2.40. The van der Waals surface area contributed by atoms with Gasteiger partial charge >= 0.3 is 0 Å². The number of hydroxylamine groups is 1. The number of pyridine rings is 1. The summed E-state index contributed by atoms with van der Waals surface area (Å²) in [5.74, 6) is 0.584. The predicted octanol–water partition coefficient (Wildman–Crippen LogP) is 4.30. The SMILES string of the molecule is CCCOc1ccc(S(=O)(=O)c2cc(CN(O)NC(=O)CC3CCC(OCCC)CC3)ccn2)cc1. The number of rotatable bonds is 13. The molecule has 0 aliphatic heterocycles. The highest BCUT2D eigenvalue weighted by Gasteiger charge is 2.24. The number of aromatic nitrogens is 1. The molecule has 2 N–H and O–H groups in total. The first-order valence-electron chi connectivity index (χ1n) is 12.6. The molecule has 1 saturated carbocycles. The van der Waals surface area contributed by atoms with Crippen LogP contribution in [0.25, 0.3) is 0 Å². The zero-order valence-corrected chi connectivity index (χ0v) is 21.9. The van der Waals surface area contributed by atoms with Crippen LogP contribution in [0.4, 0.5) is 0 Å². The third kappa shape index (κ3) is 8.26. The average molecular weight is 520 g/mol. The van der Waals surface area contributed by atoms with Crippen LogP contribution < -0.4 is 10.2 Å². The van der Waals surface area contributed by atoms with E-state index in [9.17, 15) is 18.4 Å². The first-order valence-corrected chi connectivity index (χ1v) is 14.1. The van der Waals surface area contributed by atoms with Gasteiger partial charge in [0.25, 0.3) is 0 Å². The van der Waals surface area contributed by atoms with Crippen LogP contribution in [0.15, 0.2) is 52.5 Å². The maximum absolute atomic E-state index is 13.0. The van der Waals surface area contributed by atoms with Gasteiger partial charge in [0.05, 0.1) is 24.2 Å². The molecule has 0 radical (unpaired) electrons. The number of carbonyl (C=O) groups is 1. The molecule has 1 aromatic carbocycles. The van der Waals surface area contributed by atoms with Gasteiger partial charge in [-0.05, 0) is 86.4 Å². The maximum Gasteiger partial charge on any atom is 0.236 e. The van der Waals surface area contributed by atoms with Crippen LogP contribution in [-0.4, -0.2) is 49.0 Å². The van der Waals surface area contributed by atoms with Crippen molar-refractivity contribution in [1.29, 1.82) is 0 Å². The number of nitrogens with zero attached hydrogens (tertiary/aromatic N) is 2. The van der Waals surface area contributed by atoms with E-state index in [1.807, 2.05) is 6.92 Å². The number of sulfone groups is 1. The van der Waals surface area contributed by atoms with Gasteiger partial charge in [-0.3, -0.25) is 15.4 Å². The normalized spacial score (nSPS) is 18.2. The van der Waals surface area contributed by atoms with E-state index in [-0.39, 0.29) is 34.4 Å². The van der Waals surface area contributed by atoms with Gasteiger partial charge in [-0.25, -0.2) is 13.4 Å². The molecular weight excluding hydrogens is 482 g/mol. The molecule has 0 atom stereocenters. The number of amides is 1. The lowest BCUT2D eigenvalue weighted by atomic mass is 9.85. The topological polar surface area (TPSA) is 118 Å². The Balaban J connectivity index is 1.52. The van der Waals surface area contributed by atoms with Crippen molar-refractivity contribution < 1.29 is 27.9 Å². The molecule has 9 nitrogen and oxygen atoms in total. The van der Waals surface area contributed by atoms with Gasteiger partial charge in [0, 0.05) is 19.2 Å². The molecule has 3 rings (SSSR count). The van der Waals surface area contributed by atoms with Crippen molar-refractivity contribution in [2.24, 2.45) is 5.92 Å². The Bertz CT molecular complexity index is 1070. The quantitative estimate of drug-likeness (QED) is 0.376. The van der Waals surface area contributed by atoms with Crippen LogP contribution in [0.2, 0.25) is 0 Å². The molecule has 0 spiro atoms. The number of hydrogen-bond donors (Lipinski definition) is 2. The Morgan fingerprint density at radius 3 is 2.44 bits per heavy atom. The summed E-state index contributed by atoms with van der Waals surface area (Å²) in [7, 11) is -3.85. The highest BCUT2D eigenvalue weighted by molar-refractivity contribution is 7.91. The van der Waals surface area contributed by atoms with E-state index in [0.717, 1.165) is 45.1 Å². The monoisotopic (exact) mass is 519 g/mol. The standard InChI is InChI=1S/C26H37N3O6S/c1-3-15-34-22-7-5-20(6-8-22)17-25(30)28-29(31)19-21-13-14-27-26(18-21)36(32,33)24-11-9-23(10-12-24)35-16-4-2/h9-14,18,20,22,31H,3-8,15-17,19H2,1-2H3,(H,28,30). The first kappa shape index (κ1) is 28.0. The minimum atomic E-state index is -3.85. The summed E-state index contributed by atoms with van der Waals surface area (Å²) in [5, 5.41) is 10.8. The summed E-state index contributed by atoms with van der Waals surface area (Å²) in [6.45, 7) is 5.32. The molecule has 0 bridgehead atoms. The average Bonchev–Trinajstić information content (AvgIpc) is 2.87. The van der Waals surface area contributed by atoms with E-state index >= 15 is 0 Å². The van der Waals surface area contributed by atoms with E-state index in [1.165, 1.54) is 24.4 Å². The summed E-state index contributed by atoms with van der Waals surface area (Å²) in [5.41, 5.74) is 2.96. The molecule has 1 aliphatic rings. The molecule has 1 heterocycles. The van der Waals surface area contributed by atoms with Crippen molar-refractivity contribution in [2.75, 3.05) is 13.2 Å². The molecule has 2 aromatic rings. The largest absolute Gasteiger partial charge is 0.494 e. The van der Waals surface area contributed by atoms with Crippen molar-refractivity contribution in [3.05, 3.63) is 48.2 Å². The van der Waals surface area contributed by atoms with Crippen LogP contribution in [0, 0.1) is 5.92 Å². The van der Waals surface area contributed by atoms with Crippen LogP contribution >= 0.6 is 0 Å². The maximum atomic E-state index is 13.0. The molecule has 0 unspecified atom stereocenters. The number of ether oxygens (including phenoxy) is 2. The second-order valence-electron chi connectivity index (χ2n) is 9.14. The molecule has 10 heteroatoms. The van der Waals surface area contributed by atoms with Crippen LogP contribution in [0.3, 0.4) is 0 Å². The smallest absolute Gasteiger partial charge is 0.236 e. The van der Waals surface area contributed by atoms with Crippen LogP contribution in [0.1, 0.15) is 64.4 Å². The fourth-order valence-electron chi connectivity index (χ4n) is 4.20. The number of hydrogen-bond acceptors (Lipinski definition) is 8. The lowest BCUT2D eigenvalue weighted by Gasteiger charge is -2.28. The van der Waals surface area contributed by atoms with Gasteiger partial charge < -0.3 is 9.47 Å². The van der Waals surface area contributed by atoms with Crippen molar-refractivity contribution in [3.63, 3.8) is 0 Å². The van der Waals surface area contributed by atoms with E-state index < -0.39 is 9.84 Å². The van der Waals surface area contributed by atoms with Gasteiger partial charge in [0.15, 0.2) is 5.03 Å². The summed E-state index contributed by atoms with van der Waals surface area (Å²) in [6.07, 6.45) is 7.57. The molecule has 0 saturated heterocycles. The third-order valence-corrected chi connectivity index (χ3v) is 7.76. The predicted molar refractivity (Wildman–Crippen MR) is 134 cm³/mol. The van der Waals surface area contributed by atoms with Crippen molar-refractivity contribution in [2.45, 2.75) is 81.4 Å². The molecule has 1 aromatic heterocycles. The van der Waals surface area contributed by atoms with Crippen molar-refractivity contribution in [3.8, 4) is 5.75 Å². The Morgan fingerprint density at radius 2 is 1.78 bits per heavy atom. The van der Waals surface area contributed by atoms with E-state index in [4.69, 9.17) is 9.47 Å². The minimum Gasteiger partial charge on any atom is -0.494 e. The van der Waals surface area contributed by atoms with Gasteiger partial charge in [-0.15, -0.1) is 0 Å². The Hall–Kier alpha value is -2.53. The number of carbonyl (C=O) groups excluding carboxylic acids is 1. The second-order valence-corrected chi connectivity index (χ2v) is 11.0. The zero-order chi connectivity index (χ0) is 26.0. The summed E-state index contributed by atoms with van der Waals surface area (Å²) in [6, 6.07) is 9.18. The molecular formula is C26H37N3O6S. The molecule has 198 valence electrons.